The van der Waals surface area contributed by atoms with Crippen LogP contribution in [0, 0.1) is 64.0 Å². The molecule has 8 rings (SSSR count). The molecule has 0 heterocycles. The van der Waals surface area contributed by atoms with Crippen molar-refractivity contribution in [3.05, 3.63) is 0 Å². The lowest BCUT2D eigenvalue weighted by Gasteiger charge is -2.55. The van der Waals surface area contributed by atoms with Crippen molar-refractivity contribution < 1.29 is 35.5 Å². The van der Waals surface area contributed by atoms with Gasteiger partial charge in [-0.1, -0.05) is 0 Å². The van der Waals surface area contributed by atoms with Crippen molar-refractivity contribution in [1.82, 2.24) is 4.31 Å². The molecular weight excluding hydrogens is 553 g/mol. The van der Waals surface area contributed by atoms with Gasteiger partial charge in [0.1, 0.15) is 0 Å². The van der Waals surface area contributed by atoms with Crippen LogP contribution in [0.1, 0.15) is 77.0 Å². The standard InChI is InChI=1S/C24H41N3O4S2.H3O4P/c25-32(28,31-33(26,29)30)27(3-1-23-19-7-15-5-16(9-19)10-20(23)8-15)4-2-24-21-11-17-6-18(13-21)14-22(24)12-17;1-5(2,3)4/h15-25H,1-14H2,(H2,26,29,30);(H3,1,2,3,4). The van der Waals surface area contributed by atoms with Gasteiger partial charge in [-0.2, -0.15) is 12.7 Å². The molecule has 8 aliphatic rings. The Balaban J connectivity index is 0.000000540. The number of hydrogen-bond acceptors (Lipinski definition) is 6. The van der Waals surface area contributed by atoms with Gasteiger partial charge in [-0.3, -0.25) is 0 Å². The van der Waals surface area contributed by atoms with E-state index in [1.165, 1.54) is 68.5 Å². The fourth-order valence-corrected chi connectivity index (χ4v) is 12.2. The van der Waals surface area contributed by atoms with E-state index in [0.29, 0.717) is 24.9 Å². The third-order valence-electron chi connectivity index (χ3n) is 10.8. The van der Waals surface area contributed by atoms with E-state index in [1.54, 1.807) is 0 Å². The molecule has 14 heteroatoms. The first-order valence-electron chi connectivity index (χ1n) is 14.2. The van der Waals surface area contributed by atoms with Crippen LogP contribution in [0.3, 0.4) is 0 Å². The highest BCUT2D eigenvalue weighted by molar-refractivity contribution is 7.98. The highest BCUT2D eigenvalue weighted by atomic mass is 32.3. The van der Waals surface area contributed by atoms with E-state index >= 15 is 0 Å². The molecular formula is C24H44N3O8PS2. The Morgan fingerprint density at radius 3 is 1.26 bits per heavy atom. The second-order valence-electron chi connectivity index (χ2n) is 13.2. The molecule has 0 aromatic carbocycles. The van der Waals surface area contributed by atoms with E-state index < -0.39 is 28.3 Å². The zero-order valence-electron chi connectivity index (χ0n) is 21.8. The molecule has 220 valence electrons. The van der Waals surface area contributed by atoms with Gasteiger partial charge in [0.25, 0.3) is 0 Å². The van der Waals surface area contributed by atoms with Crippen LogP contribution >= 0.6 is 7.82 Å². The first-order chi connectivity index (χ1) is 17.6. The Labute approximate surface area is 227 Å². The molecule has 8 saturated carbocycles. The molecule has 0 saturated heterocycles. The van der Waals surface area contributed by atoms with E-state index in [1.807, 2.05) is 0 Å². The summed E-state index contributed by atoms with van der Waals surface area (Å²) in [5, 5.41) is 5.05. The molecule has 38 heavy (non-hydrogen) atoms. The van der Waals surface area contributed by atoms with Gasteiger partial charge in [-0.25, -0.2) is 18.7 Å². The highest BCUT2D eigenvalue weighted by Gasteiger charge is 2.49. The smallest absolute Gasteiger partial charge is 0.303 e. The molecule has 0 spiro atoms. The minimum atomic E-state index is -4.64. The van der Waals surface area contributed by atoms with Gasteiger partial charge >= 0.3 is 18.1 Å². The third-order valence-corrected chi connectivity index (χ3v) is 13.3. The Hall–Kier alpha value is -0.110. The predicted octanol–water partition coefficient (Wildman–Crippen LogP) is 3.38. The number of phosphoric acid groups is 1. The zero-order chi connectivity index (χ0) is 27.5. The molecule has 8 bridgehead atoms. The summed E-state index contributed by atoms with van der Waals surface area (Å²) >= 11 is 0. The van der Waals surface area contributed by atoms with E-state index in [0.717, 1.165) is 60.2 Å². The summed E-state index contributed by atoms with van der Waals surface area (Å²) in [4.78, 5) is 21.6. The summed E-state index contributed by atoms with van der Waals surface area (Å²) in [6, 6.07) is 0. The molecule has 0 amide bonds. The van der Waals surface area contributed by atoms with Crippen LogP contribution in [0.15, 0.2) is 0 Å². The zero-order valence-corrected chi connectivity index (χ0v) is 24.4. The fraction of sp³-hybridized carbons (Fsp3) is 1.00. The largest absolute Gasteiger partial charge is 0.466 e. The molecule has 0 aliphatic heterocycles. The molecule has 0 radical (unpaired) electrons. The summed E-state index contributed by atoms with van der Waals surface area (Å²) in [7, 11) is -13.0. The number of nitrogens with one attached hydrogen (secondary N) is 1. The summed E-state index contributed by atoms with van der Waals surface area (Å²) < 4.78 is 59.8. The Bertz CT molecular complexity index is 1020. The van der Waals surface area contributed by atoms with Gasteiger partial charge < -0.3 is 14.7 Å². The van der Waals surface area contributed by atoms with Gasteiger partial charge in [-0.05, 0) is 136 Å². The van der Waals surface area contributed by atoms with E-state index in [4.69, 9.17) is 29.2 Å². The fourth-order valence-electron chi connectivity index (χ4n) is 10.1. The van der Waals surface area contributed by atoms with Crippen LogP contribution in [-0.4, -0.2) is 44.7 Å². The molecule has 1 atom stereocenters. The van der Waals surface area contributed by atoms with Crippen molar-refractivity contribution in [3.63, 3.8) is 0 Å². The van der Waals surface area contributed by atoms with Crippen LogP contribution in [0.2, 0.25) is 0 Å². The van der Waals surface area contributed by atoms with Crippen LogP contribution in [0.4, 0.5) is 0 Å². The number of hydrogen-bond donors (Lipinski definition) is 5. The van der Waals surface area contributed by atoms with Gasteiger partial charge in [-0.15, -0.1) is 3.63 Å². The van der Waals surface area contributed by atoms with Crippen molar-refractivity contribution in [3.8, 4) is 0 Å². The van der Waals surface area contributed by atoms with Crippen molar-refractivity contribution in [2.75, 3.05) is 13.1 Å². The maximum atomic E-state index is 13.2. The molecule has 8 aliphatic carbocycles. The second kappa shape index (κ2) is 10.9. The van der Waals surface area contributed by atoms with Crippen molar-refractivity contribution in [2.45, 2.75) is 77.0 Å². The topological polar surface area (TPSA) is 191 Å². The molecule has 0 aromatic rings. The highest BCUT2D eigenvalue weighted by Crippen LogP contribution is 2.58. The minimum Gasteiger partial charge on any atom is -0.303 e. The van der Waals surface area contributed by atoms with E-state index in [2.05, 4.69) is 3.63 Å². The van der Waals surface area contributed by atoms with Crippen molar-refractivity contribution in [1.29, 1.82) is 4.78 Å². The van der Waals surface area contributed by atoms with Crippen molar-refractivity contribution >= 4 is 28.3 Å². The predicted molar refractivity (Wildman–Crippen MR) is 141 cm³/mol. The summed E-state index contributed by atoms with van der Waals surface area (Å²) in [5.74, 6) is 7.89. The normalized spacial score (nSPS) is 42.7. The monoisotopic (exact) mass is 597 g/mol. The molecule has 0 aromatic heterocycles. The first kappa shape index (κ1) is 29.4. The summed E-state index contributed by atoms with van der Waals surface area (Å²) in [6.07, 6.45) is 15.2. The number of nitrogens with two attached hydrogens (primary N) is 1. The van der Waals surface area contributed by atoms with Crippen LogP contribution in [0.25, 0.3) is 0 Å². The van der Waals surface area contributed by atoms with Crippen LogP contribution < -0.4 is 5.14 Å². The lowest BCUT2D eigenvalue weighted by Crippen LogP contribution is -2.48. The number of nitrogens with zero attached hydrogens (tertiary/aromatic N) is 1. The molecule has 11 nitrogen and oxygen atoms in total. The maximum Gasteiger partial charge on any atom is 0.466 e. The number of rotatable bonds is 9. The van der Waals surface area contributed by atoms with Crippen LogP contribution in [0.5, 0.6) is 0 Å². The quantitative estimate of drug-likeness (QED) is 0.250. The summed E-state index contributed by atoms with van der Waals surface area (Å²) in [6.45, 7) is 0.941. The SMILES string of the molecule is N=S(=O)(OS(N)(=O)=O)N(CCC1C2CC3CC(C2)CC1C3)CCC1C2CC3CC(C2)CC1C3.O=P(O)(O)O. The van der Waals surface area contributed by atoms with E-state index in [9.17, 15) is 12.6 Å². The Morgan fingerprint density at radius 2 is 1.00 bits per heavy atom. The Morgan fingerprint density at radius 1 is 0.711 bits per heavy atom. The van der Waals surface area contributed by atoms with Gasteiger partial charge in [0.2, 0.25) is 10.2 Å². The maximum absolute atomic E-state index is 13.2. The molecule has 1 unspecified atom stereocenters. The van der Waals surface area contributed by atoms with E-state index in [-0.39, 0.29) is 0 Å². The average Bonchev–Trinajstić information content (AvgIpc) is 2.72. The molecule has 6 N–H and O–H groups in total. The summed E-state index contributed by atoms with van der Waals surface area (Å²) in [5.41, 5.74) is 0. The Kier molecular flexibility index (Phi) is 8.46. The average molecular weight is 598 g/mol. The third kappa shape index (κ3) is 7.20. The molecule has 8 fully saturated rings. The van der Waals surface area contributed by atoms with Crippen molar-refractivity contribution in [2.24, 2.45) is 64.3 Å². The second-order valence-corrected chi connectivity index (χ2v) is 17.3. The lowest BCUT2D eigenvalue weighted by atomic mass is 9.51. The van der Waals surface area contributed by atoms with Gasteiger partial charge in [0.15, 0.2) is 0 Å². The minimum absolute atomic E-state index is 0.470. The first-order valence-corrected chi connectivity index (χ1v) is 18.7. The lowest BCUT2D eigenvalue weighted by molar-refractivity contribution is -0.0449. The van der Waals surface area contributed by atoms with Gasteiger partial charge in [0, 0.05) is 13.1 Å². The van der Waals surface area contributed by atoms with Crippen LogP contribution in [-0.2, 0) is 28.7 Å². The van der Waals surface area contributed by atoms with Gasteiger partial charge in [0.05, 0.1) is 0 Å².